The molecule has 1 nitrogen and oxygen atoms in total. The minimum absolute atomic E-state index is 0.0616. The molecule has 0 aliphatic heterocycles. The lowest BCUT2D eigenvalue weighted by Crippen LogP contribution is -1.94. The Balaban J connectivity index is 2.94. The number of nitrogens with zero attached hydrogens (tertiary/aromatic N) is 1. The third kappa shape index (κ3) is 2.32. The maximum Gasteiger partial charge on any atom is 0.0710 e. The Morgan fingerprint density at radius 1 is 1.38 bits per heavy atom. The second-order valence-electron chi connectivity index (χ2n) is 3.19. The first-order valence-corrected chi connectivity index (χ1v) is 4.80. The highest BCUT2D eigenvalue weighted by molar-refractivity contribution is 5.29. The van der Waals surface area contributed by atoms with E-state index in [9.17, 15) is 0 Å². The molecule has 0 fully saturated rings. The van der Waals surface area contributed by atoms with E-state index >= 15 is 0 Å². The fraction of sp³-hybridized carbons (Fsp3) is 0.417. The van der Waals surface area contributed by atoms with Gasteiger partial charge in [-0.3, -0.25) is 0 Å². The Bertz CT molecular complexity index is 309. The summed E-state index contributed by atoms with van der Waals surface area (Å²) in [4.78, 5) is 0. The molecule has 0 aliphatic carbocycles. The second kappa shape index (κ2) is 4.67. The van der Waals surface area contributed by atoms with E-state index < -0.39 is 0 Å². The maximum atomic E-state index is 8.89. The Kier molecular flexibility index (Phi) is 3.52. The Morgan fingerprint density at radius 3 is 2.69 bits per heavy atom. The van der Waals surface area contributed by atoms with E-state index in [1.165, 1.54) is 5.56 Å². The molecule has 0 spiro atoms. The van der Waals surface area contributed by atoms with E-state index in [4.69, 9.17) is 5.26 Å². The van der Waals surface area contributed by atoms with Gasteiger partial charge in [-0.1, -0.05) is 38.1 Å². The molecule has 1 aromatic rings. The van der Waals surface area contributed by atoms with Crippen LogP contribution in [0.25, 0.3) is 0 Å². The lowest BCUT2D eigenvalue weighted by Gasteiger charge is -2.07. The van der Waals surface area contributed by atoms with Crippen LogP contribution in [0.1, 0.15) is 37.3 Å². The molecule has 0 saturated heterocycles. The van der Waals surface area contributed by atoms with E-state index in [-0.39, 0.29) is 5.92 Å². The van der Waals surface area contributed by atoms with E-state index in [1.807, 2.05) is 19.1 Å². The fourth-order valence-corrected chi connectivity index (χ4v) is 1.43. The first-order valence-electron chi connectivity index (χ1n) is 4.80. The van der Waals surface area contributed by atoms with Crippen LogP contribution in [-0.2, 0) is 6.42 Å². The minimum atomic E-state index is 0.0616. The van der Waals surface area contributed by atoms with Crippen LogP contribution in [0.15, 0.2) is 24.3 Å². The zero-order valence-electron chi connectivity index (χ0n) is 8.25. The largest absolute Gasteiger partial charge is 0.198 e. The van der Waals surface area contributed by atoms with Crippen molar-refractivity contribution in [3.8, 4) is 6.07 Å². The maximum absolute atomic E-state index is 8.89. The zero-order valence-corrected chi connectivity index (χ0v) is 8.25. The normalized spacial score (nSPS) is 12.1. The molecule has 1 aromatic carbocycles. The summed E-state index contributed by atoms with van der Waals surface area (Å²) < 4.78 is 0. The van der Waals surface area contributed by atoms with Crippen molar-refractivity contribution in [2.75, 3.05) is 0 Å². The van der Waals surface area contributed by atoms with Gasteiger partial charge < -0.3 is 0 Å². The van der Waals surface area contributed by atoms with Crippen LogP contribution in [0, 0.1) is 11.3 Å². The highest BCUT2D eigenvalue weighted by atomic mass is 14.3. The van der Waals surface area contributed by atoms with Gasteiger partial charge in [-0.15, -0.1) is 0 Å². The van der Waals surface area contributed by atoms with Crippen molar-refractivity contribution < 1.29 is 0 Å². The zero-order chi connectivity index (χ0) is 9.68. The summed E-state index contributed by atoms with van der Waals surface area (Å²) in [5, 5.41) is 8.89. The van der Waals surface area contributed by atoms with Crippen LogP contribution in [-0.4, -0.2) is 0 Å². The van der Waals surface area contributed by atoms with Crippen molar-refractivity contribution in [3.63, 3.8) is 0 Å². The van der Waals surface area contributed by atoms with Gasteiger partial charge in [-0.25, -0.2) is 0 Å². The molecule has 0 heterocycles. The predicted octanol–water partition coefficient (Wildman–Crippen LogP) is 3.27. The fourth-order valence-electron chi connectivity index (χ4n) is 1.43. The highest BCUT2D eigenvalue weighted by Gasteiger charge is 2.06. The number of nitriles is 1. The van der Waals surface area contributed by atoms with Crippen molar-refractivity contribution in [1.29, 1.82) is 5.26 Å². The molecule has 0 saturated carbocycles. The van der Waals surface area contributed by atoms with Gasteiger partial charge in [0.25, 0.3) is 0 Å². The van der Waals surface area contributed by atoms with Gasteiger partial charge in [0.15, 0.2) is 0 Å². The molecular weight excluding hydrogens is 158 g/mol. The molecule has 1 rings (SSSR count). The lowest BCUT2D eigenvalue weighted by atomic mass is 9.96. The third-order valence-electron chi connectivity index (χ3n) is 2.33. The van der Waals surface area contributed by atoms with Gasteiger partial charge in [0.2, 0.25) is 0 Å². The average Bonchev–Trinajstić information content (AvgIpc) is 2.20. The molecule has 0 N–H and O–H groups in total. The van der Waals surface area contributed by atoms with Gasteiger partial charge in [0.1, 0.15) is 0 Å². The van der Waals surface area contributed by atoms with Crippen LogP contribution in [0.4, 0.5) is 0 Å². The Labute approximate surface area is 80.0 Å². The topological polar surface area (TPSA) is 23.8 Å². The standard InChI is InChI=1S/C12H15N/c1-3-10-6-5-7-12(8-10)11(4-2)9-13/h5-8,11H,3-4H2,1-2H3. The molecule has 0 radical (unpaired) electrons. The third-order valence-corrected chi connectivity index (χ3v) is 2.33. The quantitative estimate of drug-likeness (QED) is 0.688. The minimum Gasteiger partial charge on any atom is -0.198 e. The van der Waals surface area contributed by atoms with Crippen molar-refractivity contribution in [2.24, 2.45) is 0 Å². The summed E-state index contributed by atoms with van der Waals surface area (Å²) >= 11 is 0. The molecule has 0 aliphatic rings. The van der Waals surface area contributed by atoms with Crippen molar-refractivity contribution >= 4 is 0 Å². The van der Waals surface area contributed by atoms with Crippen LogP contribution >= 0.6 is 0 Å². The molecular formula is C12H15N. The Morgan fingerprint density at radius 2 is 2.15 bits per heavy atom. The van der Waals surface area contributed by atoms with Crippen molar-refractivity contribution in [3.05, 3.63) is 35.4 Å². The van der Waals surface area contributed by atoms with Crippen LogP contribution in [0.2, 0.25) is 0 Å². The van der Waals surface area contributed by atoms with E-state index in [0.717, 1.165) is 18.4 Å². The van der Waals surface area contributed by atoms with Crippen molar-refractivity contribution in [2.45, 2.75) is 32.6 Å². The van der Waals surface area contributed by atoms with Gasteiger partial charge in [0, 0.05) is 0 Å². The first kappa shape index (κ1) is 9.80. The molecule has 1 atom stereocenters. The van der Waals surface area contributed by atoms with Crippen LogP contribution in [0.5, 0.6) is 0 Å². The Hall–Kier alpha value is -1.29. The number of hydrogen-bond donors (Lipinski definition) is 0. The van der Waals surface area contributed by atoms with E-state index in [0.29, 0.717) is 0 Å². The summed E-state index contributed by atoms with van der Waals surface area (Å²) in [5.74, 6) is 0.0616. The smallest absolute Gasteiger partial charge is 0.0710 e. The molecule has 1 unspecified atom stereocenters. The van der Waals surface area contributed by atoms with E-state index in [1.54, 1.807) is 0 Å². The number of hydrogen-bond acceptors (Lipinski definition) is 1. The van der Waals surface area contributed by atoms with E-state index in [2.05, 4.69) is 25.1 Å². The molecule has 0 aromatic heterocycles. The average molecular weight is 173 g/mol. The number of aryl methyl sites for hydroxylation is 1. The highest BCUT2D eigenvalue weighted by Crippen LogP contribution is 2.19. The monoisotopic (exact) mass is 173 g/mol. The first-order chi connectivity index (χ1) is 6.31. The summed E-state index contributed by atoms with van der Waals surface area (Å²) in [6, 6.07) is 10.6. The number of rotatable bonds is 3. The summed E-state index contributed by atoms with van der Waals surface area (Å²) in [5.41, 5.74) is 2.47. The van der Waals surface area contributed by atoms with Gasteiger partial charge in [-0.2, -0.15) is 5.26 Å². The van der Waals surface area contributed by atoms with Crippen LogP contribution in [0.3, 0.4) is 0 Å². The number of benzene rings is 1. The predicted molar refractivity (Wildman–Crippen MR) is 54.5 cm³/mol. The lowest BCUT2D eigenvalue weighted by molar-refractivity contribution is 0.816. The van der Waals surface area contributed by atoms with Gasteiger partial charge in [-0.05, 0) is 24.0 Å². The van der Waals surface area contributed by atoms with Gasteiger partial charge in [0.05, 0.1) is 12.0 Å². The molecule has 13 heavy (non-hydrogen) atoms. The molecule has 68 valence electrons. The van der Waals surface area contributed by atoms with Crippen LogP contribution < -0.4 is 0 Å². The SMILES string of the molecule is CCc1cccc(C(C#N)CC)c1. The summed E-state index contributed by atoms with van der Waals surface area (Å²) in [6.45, 7) is 4.18. The molecule has 0 amide bonds. The summed E-state index contributed by atoms with van der Waals surface area (Å²) in [6.07, 6.45) is 1.93. The molecule has 1 heteroatoms. The summed E-state index contributed by atoms with van der Waals surface area (Å²) in [7, 11) is 0. The van der Waals surface area contributed by atoms with Crippen molar-refractivity contribution in [1.82, 2.24) is 0 Å². The van der Waals surface area contributed by atoms with Gasteiger partial charge >= 0.3 is 0 Å². The molecule has 0 bridgehead atoms. The second-order valence-corrected chi connectivity index (χ2v) is 3.19.